The molecule has 1 rings (SSSR count). The largest absolute Gasteiger partial charge is 0.477 e. The van der Waals surface area contributed by atoms with Gasteiger partial charge in [0, 0.05) is 11.6 Å². The summed E-state index contributed by atoms with van der Waals surface area (Å²) in [4.78, 5) is 10.8. The number of hydrogen-bond acceptors (Lipinski definition) is 6. The Bertz CT molecular complexity index is 723. The summed E-state index contributed by atoms with van der Waals surface area (Å²) in [6.45, 7) is 4.65. The third-order valence-electron chi connectivity index (χ3n) is 6.14. The highest BCUT2D eigenvalue weighted by Crippen LogP contribution is 2.28. The molecule has 1 aromatic carbocycles. The van der Waals surface area contributed by atoms with Crippen molar-refractivity contribution in [1.29, 1.82) is 0 Å². The van der Waals surface area contributed by atoms with Gasteiger partial charge in [0.1, 0.15) is 0 Å². The molecule has 0 heterocycles. The number of carboxylic acids is 1. The molecule has 0 aliphatic heterocycles. The van der Waals surface area contributed by atoms with Gasteiger partial charge in [-0.25, -0.2) is 4.79 Å². The number of aliphatic carboxylic acids is 1. The normalized spacial score (nSPS) is 15.0. The molecule has 206 valence electrons. The molecule has 0 aromatic heterocycles. The number of thioether (sulfide) groups is 1. The summed E-state index contributed by atoms with van der Waals surface area (Å²) in [6, 6.07) is 8.36. The van der Waals surface area contributed by atoms with E-state index in [0.29, 0.717) is 18.9 Å². The number of ether oxygens (including phenoxy) is 2. The van der Waals surface area contributed by atoms with Crippen molar-refractivity contribution in [3.05, 3.63) is 34.9 Å². The minimum Gasteiger partial charge on any atom is -0.477 e. The van der Waals surface area contributed by atoms with Crippen LogP contribution in [0.5, 0.6) is 0 Å². The summed E-state index contributed by atoms with van der Waals surface area (Å²) in [5.41, 5.74) is -1.25. The van der Waals surface area contributed by atoms with Gasteiger partial charge in [0.15, 0.2) is 0 Å². The summed E-state index contributed by atoms with van der Waals surface area (Å²) in [7, 11) is -0.986. The highest BCUT2D eigenvalue weighted by atomic mass is 35.5. The molecule has 2 N–H and O–H groups in total. The molecule has 36 heavy (non-hydrogen) atoms. The molecule has 0 amide bonds. The Labute approximate surface area is 228 Å². The molecule has 0 aliphatic rings. The van der Waals surface area contributed by atoms with Gasteiger partial charge in [0.05, 0.1) is 12.7 Å². The topological polar surface area (TPSA) is 93.1 Å². The number of carboxylic acid groups (broad SMARTS) is 1. The van der Waals surface area contributed by atoms with Crippen LogP contribution >= 0.6 is 31.8 Å². The molecule has 0 fully saturated rings. The lowest BCUT2D eigenvalue weighted by Gasteiger charge is -2.17. The number of benzene rings is 1. The second-order valence-electron chi connectivity index (χ2n) is 9.24. The third-order valence-corrected chi connectivity index (χ3v) is 8.06. The first-order valence-electron chi connectivity index (χ1n) is 13.2. The van der Waals surface area contributed by atoms with Crippen molar-refractivity contribution in [2.24, 2.45) is 0 Å². The van der Waals surface area contributed by atoms with E-state index in [1.165, 1.54) is 68.4 Å². The molecule has 0 aliphatic carbocycles. The van der Waals surface area contributed by atoms with Gasteiger partial charge in [-0.1, -0.05) is 69.2 Å². The quantitative estimate of drug-likeness (QED) is 0.0794. The third kappa shape index (κ3) is 14.9. The molecule has 9 heteroatoms. The lowest BCUT2D eigenvalue weighted by atomic mass is 9.92. The van der Waals surface area contributed by atoms with Gasteiger partial charge in [0.2, 0.25) is 8.46 Å². The van der Waals surface area contributed by atoms with E-state index in [-0.39, 0.29) is 12.7 Å². The zero-order valence-corrected chi connectivity index (χ0v) is 24.3. The van der Waals surface area contributed by atoms with Gasteiger partial charge < -0.3 is 19.7 Å². The Morgan fingerprint density at radius 2 is 1.67 bits per heavy atom. The molecule has 0 bridgehead atoms. The Morgan fingerprint density at radius 1 is 1.00 bits per heavy atom. The van der Waals surface area contributed by atoms with Crippen LogP contribution in [0.1, 0.15) is 96.0 Å². The average Bonchev–Trinajstić information content (AvgIpc) is 2.86. The van der Waals surface area contributed by atoms with E-state index in [1.54, 1.807) is 0 Å². The van der Waals surface area contributed by atoms with E-state index in [2.05, 4.69) is 30.8 Å². The van der Waals surface area contributed by atoms with E-state index in [9.17, 15) is 14.5 Å². The summed E-state index contributed by atoms with van der Waals surface area (Å²) in [5.74, 6) is 1.43. The molecule has 6 nitrogen and oxygen atoms in total. The zero-order chi connectivity index (χ0) is 26.7. The van der Waals surface area contributed by atoms with Crippen LogP contribution in [0, 0.1) is 0 Å². The number of rotatable bonds is 23. The van der Waals surface area contributed by atoms with Crippen LogP contribution < -0.4 is 0 Å². The van der Waals surface area contributed by atoms with Gasteiger partial charge in [-0.3, -0.25) is 4.57 Å². The average molecular weight is 563 g/mol. The number of aliphatic hydroxyl groups is 1. The van der Waals surface area contributed by atoms with Crippen LogP contribution in [0.15, 0.2) is 24.3 Å². The molecule has 0 radical (unpaired) electrons. The monoisotopic (exact) mass is 562 g/mol. The van der Waals surface area contributed by atoms with Crippen LogP contribution in [0.2, 0.25) is 5.02 Å². The van der Waals surface area contributed by atoms with Crippen LogP contribution in [0.25, 0.3) is 0 Å². The fraction of sp³-hybridized carbons (Fsp3) is 0.741. The van der Waals surface area contributed by atoms with Crippen molar-refractivity contribution in [1.82, 2.24) is 0 Å². The lowest BCUT2D eigenvalue weighted by Crippen LogP contribution is -2.35. The highest BCUT2D eigenvalue weighted by Gasteiger charge is 2.38. The second-order valence-corrected chi connectivity index (χ2v) is 11.7. The van der Waals surface area contributed by atoms with Crippen molar-refractivity contribution in [3.63, 3.8) is 0 Å². The second kappa shape index (κ2) is 20.3. The maximum atomic E-state index is 10.8. The summed E-state index contributed by atoms with van der Waals surface area (Å²) in [6.07, 6.45) is 12.7. The Hall–Kier alpha value is -0.690. The number of hydrogen-bond donors (Lipinski definition) is 2. The Kier molecular flexibility index (Phi) is 18.8. The SMILES string of the molecule is CCCC(CCSCCCCCCCCC(C)OCCCOC(O)(P=O)C(=O)O)c1ccc(Cl)cc1. The van der Waals surface area contributed by atoms with E-state index in [0.717, 1.165) is 17.9 Å². The van der Waals surface area contributed by atoms with Crippen LogP contribution in [0.4, 0.5) is 0 Å². The Balaban J connectivity index is 1.96. The lowest BCUT2D eigenvalue weighted by molar-refractivity contribution is -0.190. The van der Waals surface area contributed by atoms with Crippen LogP contribution in [-0.4, -0.2) is 52.5 Å². The molecule has 0 spiro atoms. The maximum Gasteiger partial charge on any atom is 0.377 e. The molecular formula is C27H44ClO6PS. The Morgan fingerprint density at radius 3 is 2.31 bits per heavy atom. The molecule has 1 aromatic rings. The number of carbonyl (C=O) groups is 1. The van der Waals surface area contributed by atoms with E-state index >= 15 is 0 Å². The summed E-state index contributed by atoms with van der Waals surface area (Å²) >= 11 is 8.11. The van der Waals surface area contributed by atoms with Crippen molar-refractivity contribution in [2.75, 3.05) is 24.7 Å². The fourth-order valence-electron chi connectivity index (χ4n) is 4.00. The molecule has 3 atom stereocenters. The first kappa shape index (κ1) is 33.3. The summed E-state index contributed by atoms with van der Waals surface area (Å²) < 4.78 is 21.2. The molecular weight excluding hydrogens is 519 g/mol. The summed E-state index contributed by atoms with van der Waals surface area (Å²) in [5, 5.41) is 19.0. The van der Waals surface area contributed by atoms with Gasteiger partial charge in [0.25, 0.3) is 0 Å². The van der Waals surface area contributed by atoms with Crippen molar-refractivity contribution in [2.45, 2.75) is 102 Å². The molecule has 0 saturated carbocycles. The first-order chi connectivity index (χ1) is 17.3. The van der Waals surface area contributed by atoms with E-state index in [1.807, 2.05) is 19.1 Å². The maximum absolute atomic E-state index is 10.8. The molecule has 3 unspecified atom stereocenters. The van der Waals surface area contributed by atoms with Crippen molar-refractivity contribution in [3.8, 4) is 0 Å². The number of halogens is 1. The fourth-order valence-corrected chi connectivity index (χ4v) is 5.41. The van der Waals surface area contributed by atoms with Crippen molar-refractivity contribution < 1.29 is 29.0 Å². The molecule has 0 saturated heterocycles. The zero-order valence-electron chi connectivity index (χ0n) is 21.8. The highest BCUT2D eigenvalue weighted by molar-refractivity contribution is 7.99. The van der Waals surface area contributed by atoms with E-state index < -0.39 is 20.0 Å². The van der Waals surface area contributed by atoms with Crippen LogP contribution in [0.3, 0.4) is 0 Å². The number of unbranched alkanes of at least 4 members (excludes halogenated alkanes) is 5. The predicted octanol–water partition coefficient (Wildman–Crippen LogP) is 7.91. The minimum absolute atomic E-state index is 0.0370. The van der Waals surface area contributed by atoms with Crippen molar-refractivity contribution >= 4 is 37.8 Å². The van der Waals surface area contributed by atoms with Gasteiger partial charge in [-0.05, 0) is 74.1 Å². The van der Waals surface area contributed by atoms with Gasteiger partial charge in [-0.15, -0.1) is 0 Å². The van der Waals surface area contributed by atoms with Crippen LogP contribution in [-0.2, 0) is 18.8 Å². The standard InChI is InChI=1S/C27H44ClO6PS/c1-3-11-23(24-13-15-25(28)16-14-24)17-21-36-20-9-7-5-4-6-8-12-22(2)33-18-10-19-34-27(31,35-32)26(29)30/h13-16,22-23,31H,3-12,17-21H2,1-2H3,(H,29,30). The predicted molar refractivity (Wildman–Crippen MR) is 150 cm³/mol. The first-order valence-corrected chi connectivity index (χ1v) is 15.6. The van der Waals surface area contributed by atoms with Gasteiger partial charge >= 0.3 is 11.5 Å². The minimum atomic E-state index is -2.67. The van der Waals surface area contributed by atoms with E-state index in [4.69, 9.17) is 26.2 Å². The smallest absolute Gasteiger partial charge is 0.377 e. The van der Waals surface area contributed by atoms with Gasteiger partial charge in [-0.2, -0.15) is 11.8 Å².